The van der Waals surface area contributed by atoms with E-state index in [1.807, 2.05) is 13.0 Å². The quantitative estimate of drug-likeness (QED) is 0.850. The van der Waals surface area contributed by atoms with E-state index in [9.17, 15) is 4.79 Å². The first-order valence-corrected chi connectivity index (χ1v) is 7.24. The number of amides is 1. The van der Waals surface area contributed by atoms with Gasteiger partial charge in [-0.2, -0.15) is 0 Å². The Balaban J connectivity index is 2.10. The van der Waals surface area contributed by atoms with Gasteiger partial charge in [-0.25, -0.2) is 0 Å². The monoisotopic (exact) mass is 277 g/mol. The molecule has 2 atom stereocenters. The molecule has 1 fully saturated rings. The molecule has 6 heteroatoms. The lowest BCUT2D eigenvalue weighted by molar-refractivity contribution is 0.0950. The van der Waals surface area contributed by atoms with Crippen molar-refractivity contribution in [2.75, 3.05) is 24.5 Å². The third-order valence-corrected chi connectivity index (χ3v) is 3.76. The molecule has 1 aliphatic heterocycles. The topological polar surface area (TPSA) is 84.1 Å². The molecule has 1 saturated heterocycles. The van der Waals surface area contributed by atoms with Gasteiger partial charge in [0.05, 0.1) is 0 Å². The summed E-state index contributed by atoms with van der Waals surface area (Å²) in [5.41, 5.74) is 6.21. The summed E-state index contributed by atoms with van der Waals surface area (Å²) in [6.07, 6.45) is 2.21. The van der Waals surface area contributed by atoms with Crippen LogP contribution in [0.25, 0.3) is 0 Å². The fourth-order valence-corrected chi connectivity index (χ4v) is 2.63. The Kier molecular flexibility index (Phi) is 4.89. The number of rotatable bonds is 4. The Labute approximate surface area is 119 Å². The van der Waals surface area contributed by atoms with Gasteiger partial charge in [0.25, 0.3) is 5.91 Å². The molecule has 1 amide bonds. The maximum Gasteiger partial charge on any atom is 0.271 e. The highest BCUT2D eigenvalue weighted by atomic mass is 16.1. The van der Waals surface area contributed by atoms with E-state index in [1.54, 1.807) is 6.07 Å². The van der Waals surface area contributed by atoms with Crippen LogP contribution in [-0.2, 0) is 0 Å². The average molecular weight is 277 g/mol. The lowest BCUT2D eigenvalue weighted by Crippen LogP contribution is -2.46. The number of nitrogens with two attached hydrogens (primary N) is 1. The summed E-state index contributed by atoms with van der Waals surface area (Å²) >= 11 is 0. The van der Waals surface area contributed by atoms with Crippen LogP contribution in [0.4, 0.5) is 5.82 Å². The molecule has 3 N–H and O–H groups in total. The van der Waals surface area contributed by atoms with Crippen molar-refractivity contribution in [3.8, 4) is 0 Å². The van der Waals surface area contributed by atoms with Gasteiger partial charge in [0.15, 0.2) is 11.5 Å². The fourth-order valence-electron chi connectivity index (χ4n) is 2.63. The van der Waals surface area contributed by atoms with Gasteiger partial charge in [0, 0.05) is 25.7 Å². The number of carbonyl (C=O) groups excluding carboxylic acids is 1. The van der Waals surface area contributed by atoms with Crippen molar-refractivity contribution in [2.45, 2.75) is 32.7 Å². The molecule has 6 nitrogen and oxygen atoms in total. The number of hydrogen-bond acceptors (Lipinski definition) is 5. The molecule has 1 aliphatic rings. The van der Waals surface area contributed by atoms with Crippen molar-refractivity contribution in [1.29, 1.82) is 0 Å². The second kappa shape index (κ2) is 6.65. The Morgan fingerprint density at radius 1 is 1.50 bits per heavy atom. The summed E-state index contributed by atoms with van der Waals surface area (Å²) in [7, 11) is 0. The molecule has 0 aliphatic carbocycles. The highest BCUT2D eigenvalue weighted by Crippen LogP contribution is 2.25. The number of anilines is 1. The van der Waals surface area contributed by atoms with Crippen molar-refractivity contribution < 1.29 is 4.79 Å². The van der Waals surface area contributed by atoms with Crippen molar-refractivity contribution >= 4 is 11.7 Å². The van der Waals surface area contributed by atoms with Crippen LogP contribution >= 0.6 is 0 Å². The van der Waals surface area contributed by atoms with Crippen molar-refractivity contribution in [2.24, 2.45) is 11.7 Å². The zero-order chi connectivity index (χ0) is 14.5. The molecule has 2 heterocycles. The summed E-state index contributed by atoms with van der Waals surface area (Å²) < 4.78 is 0. The van der Waals surface area contributed by atoms with Gasteiger partial charge in [-0.3, -0.25) is 4.79 Å². The minimum atomic E-state index is -0.186. The number of nitrogens with zero attached hydrogens (tertiary/aromatic N) is 3. The predicted octanol–water partition coefficient (Wildman–Crippen LogP) is 0.790. The summed E-state index contributed by atoms with van der Waals surface area (Å²) in [4.78, 5) is 13.9. The zero-order valence-electron chi connectivity index (χ0n) is 12.2. The van der Waals surface area contributed by atoms with E-state index in [4.69, 9.17) is 5.73 Å². The van der Waals surface area contributed by atoms with Crippen LogP contribution in [0.2, 0.25) is 0 Å². The number of nitrogens with one attached hydrogen (secondary N) is 1. The maximum absolute atomic E-state index is 11.6. The molecule has 0 radical (unpaired) electrons. The molecular formula is C14H23N5O. The van der Waals surface area contributed by atoms with Crippen LogP contribution in [0.5, 0.6) is 0 Å². The van der Waals surface area contributed by atoms with Crippen molar-refractivity contribution in [3.63, 3.8) is 0 Å². The SMILES string of the molecule is CCNC(=O)c1ccc(N2CCC(C)CC2CN)nn1. The highest BCUT2D eigenvalue weighted by molar-refractivity contribution is 5.92. The largest absolute Gasteiger partial charge is 0.351 e. The van der Waals surface area contributed by atoms with E-state index >= 15 is 0 Å². The number of carbonyl (C=O) groups is 1. The third-order valence-electron chi connectivity index (χ3n) is 3.76. The Bertz CT molecular complexity index is 447. The van der Waals surface area contributed by atoms with Crippen LogP contribution in [-0.4, -0.2) is 41.8 Å². The molecule has 0 aromatic carbocycles. The first-order chi connectivity index (χ1) is 9.65. The van der Waals surface area contributed by atoms with Crippen LogP contribution in [0, 0.1) is 5.92 Å². The number of aromatic nitrogens is 2. The molecule has 2 rings (SSSR count). The lowest BCUT2D eigenvalue weighted by atomic mass is 9.92. The predicted molar refractivity (Wildman–Crippen MR) is 78.6 cm³/mol. The smallest absolute Gasteiger partial charge is 0.271 e. The zero-order valence-corrected chi connectivity index (χ0v) is 12.2. The lowest BCUT2D eigenvalue weighted by Gasteiger charge is -2.38. The van der Waals surface area contributed by atoms with Crippen LogP contribution in [0.3, 0.4) is 0 Å². The Hall–Kier alpha value is -1.69. The van der Waals surface area contributed by atoms with Crippen molar-refractivity contribution in [1.82, 2.24) is 15.5 Å². The first kappa shape index (κ1) is 14.7. The van der Waals surface area contributed by atoms with Gasteiger partial charge in [-0.1, -0.05) is 6.92 Å². The van der Waals surface area contributed by atoms with Gasteiger partial charge in [-0.05, 0) is 37.8 Å². The minimum absolute atomic E-state index is 0.186. The maximum atomic E-state index is 11.6. The van der Waals surface area contributed by atoms with Gasteiger partial charge >= 0.3 is 0 Å². The van der Waals surface area contributed by atoms with E-state index in [0.717, 1.165) is 25.2 Å². The molecule has 0 spiro atoms. The average Bonchev–Trinajstić information content (AvgIpc) is 2.47. The second-order valence-electron chi connectivity index (χ2n) is 5.35. The van der Waals surface area contributed by atoms with Crippen LogP contribution in [0.15, 0.2) is 12.1 Å². The molecule has 0 bridgehead atoms. The molecule has 2 unspecified atom stereocenters. The summed E-state index contributed by atoms with van der Waals surface area (Å²) in [6, 6.07) is 3.89. The molecule has 20 heavy (non-hydrogen) atoms. The molecule has 1 aromatic heterocycles. The Morgan fingerprint density at radius 3 is 2.90 bits per heavy atom. The third kappa shape index (κ3) is 3.25. The van der Waals surface area contributed by atoms with E-state index in [2.05, 4.69) is 27.3 Å². The number of piperidine rings is 1. The van der Waals surface area contributed by atoms with Gasteiger partial charge in [0.2, 0.25) is 0 Å². The molecule has 1 aromatic rings. The van der Waals surface area contributed by atoms with Gasteiger partial charge < -0.3 is 16.0 Å². The van der Waals surface area contributed by atoms with E-state index < -0.39 is 0 Å². The minimum Gasteiger partial charge on any atom is -0.351 e. The molecule has 110 valence electrons. The number of hydrogen-bond donors (Lipinski definition) is 2. The standard InChI is InChI=1S/C14H23N5O/c1-3-16-14(20)12-4-5-13(18-17-12)19-7-6-10(2)8-11(19)9-15/h4-5,10-11H,3,6-9,15H2,1-2H3,(H,16,20). The molecule has 0 saturated carbocycles. The van der Waals surface area contributed by atoms with Gasteiger partial charge in [-0.15, -0.1) is 10.2 Å². The first-order valence-electron chi connectivity index (χ1n) is 7.24. The normalized spacial score (nSPS) is 22.6. The summed E-state index contributed by atoms with van der Waals surface area (Å²) in [6.45, 7) is 6.27. The van der Waals surface area contributed by atoms with Crippen molar-refractivity contribution in [3.05, 3.63) is 17.8 Å². The van der Waals surface area contributed by atoms with Gasteiger partial charge in [0.1, 0.15) is 0 Å². The molecular weight excluding hydrogens is 254 g/mol. The summed E-state index contributed by atoms with van der Waals surface area (Å²) in [5, 5.41) is 10.9. The Morgan fingerprint density at radius 2 is 2.30 bits per heavy atom. The summed E-state index contributed by atoms with van der Waals surface area (Å²) in [5.74, 6) is 1.32. The van der Waals surface area contributed by atoms with E-state index in [-0.39, 0.29) is 5.91 Å². The van der Waals surface area contributed by atoms with Crippen LogP contribution in [0.1, 0.15) is 37.2 Å². The second-order valence-corrected chi connectivity index (χ2v) is 5.35. The highest BCUT2D eigenvalue weighted by Gasteiger charge is 2.26. The fraction of sp³-hybridized carbons (Fsp3) is 0.643. The van der Waals surface area contributed by atoms with E-state index in [1.165, 1.54) is 0 Å². The van der Waals surface area contributed by atoms with E-state index in [0.29, 0.717) is 30.7 Å². The van der Waals surface area contributed by atoms with Crippen LogP contribution < -0.4 is 16.0 Å².